The van der Waals surface area contributed by atoms with Gasteiger partial charge in [0, 0.05) is 37.7 Å². The van der Waals surface area contributed by atoms with E-state index in [1.165, 1.54) is 5.56 Å². The Morgan fingerprint density at radius 1 is 1.37 bits per heavy atom. The van der Waals surface area contributed by atoms with Crippen LogP contribution in [0.5, 0.6) is 0 Å². The lowest BCUT2D eigenvalue weighted by Gasteiger charge is -2.19. The minimum Gasteiger partial charge on any atom is -0.466 e. The molecule has 4 nitrogen and oxygen atoms in total. The van der Waals surface area contributed by atoms with Crippen molar-refractivity contribution in [1.82, 2.24) is 10.2 Å². The van der Waals surface area contributed by atoms with Gasteiger partial charge in [0.25, 0.3) is 0 Å². The molecule has 1 atom stereocenters. The highest BCUT2D eigenvalue weighted by molar-refractivity contribution is 5.76. The van der Waals surface area contributed by atoms with Crippen molar-refractivity contribution in [2.45, 2.75) is 47.1 Å². The van der Waals surface area contributed by atoms with Gasteiger partial charge in [0.15, 0.2) is 0 Å². The van der Waals surface area contributed by atoms with Crippen molar-refractivity contribution in [1.29, 1.82) is 0 Å². The van der Waals surface area contributed by atoms with Gasteiger partial charge in [-0.05, 0) is 40.7 Å². The molecule has 0 saturated heterocycles. The number of hydrogen-bond donors (Lipinski definition) is 1. The van der Waals surface area contributed by atoms with Crippen LogP contribution in [0.15, 0.2) is 10.5 Å². The molecule has 1 amide bonds. The molecule has 0 aromatic carbocycles. The number of hydrogen-bond acceptors (Lipinski definition) is 3. The highest BCUT2D eigenvalue weighted by Crippen LogP contribution is 2.20. The predicted octanol–water partition coefficient (Wildman–Crippen LogP) is 2.81. The van der Waals surface area contributed by atoms with E-state index in [1.807, 2.05) is 32.6 Å². The number of carbonyl (C=O) groups is 1. The topological polar surface area (TPSA) is 45.5 Å². The Kier molecular flexibility index (Phi) is 6.09. The summed E-state index contributed by atoms with van der Waals surface area (Å²) in [5.41, 5.74) is 1.17. The van der Waals surface area contributed by atoms with Crippen LogP contribution < -0.4 is 5.32 Å². The average molecular weight is 266 g/mol. The van der Waals surface area contributed by atoms with E-state index in [0.717, 1.165) is 24.6 Å². The molecule has 1 aromatic heterocycles. The molecule has 1 aromatic rings. The predicted molar refractivity (Wildman–Crippen MR) is 77.1 cm³/mol. The lowest BCUT2D eigenvalue weighted by Crippen LogP contribution is -2.33. The van der Waals surface area contributed by atoms with Gasteiger partial charge in [-0.1, -0.05) is 0 Å². The minimum atomic E-state index is 0.210. The van der Waals surface area contributed by atoms with Crippen molar-refractivity contribution in [2.75, 3.05) is 19.6 Å². The Labute approximate surface area is 116 Å². The van der Waals surface area contributed by atoms with E-state index in [4.69, 9.17) is 4.42 Å². The summed E-state index contributed by atoms with van der Waals surface area (Å²) < 4.78 is 5.52. The van der Waals surface area contributed by atoms with Crippen molar-refractivity contribution in [2.24, 2.45) is 0 Å². The normalized spacial score (nSPS) is 12.5. The molecule has 4 heteroatoms. The van der Waals surface area contributed by atoms with Gasteiger partial charge >= 0.3 is 0 Å². The molecule has 1 heterocycles. The highest BCUT2D eigenvalue weighted by Gasteiger charge is 2.13. The maximum atomic E-state index is 11.9. The Morgan fingerprint density at radius 2 is 2.00 bits per heavy atom. The van der Waals surface area contributed by atoms with Crippen molar-refractivity contribution < 1.29 is 9.21 Å². The van der Waals surface area contributed by atoms with E-state index in [1.54, 1.807) is 0 Å². The Morgan fingerprint density at radius 3 is 2.47 bits per heavy atom. The van der Waals surface area contributed by atoms with Gasteiger partial charge in [-0.15, -0.1) is 0 Å². The molecule has 0 aliphatic heterocycles. The molecule has 0 saturated carbocycles. The first-order valence-electron chi connectivity index (χ1n) is 7.07. The second kappa shape index (κ2) is 7.34. The number of carbonyl (C=O) groups excluding carboxylic acids is 1. The number of amides is 1. The first-order valence-corrected chi connectivity index (χ1v) is 7.07. The van der Waals surface area contributed by atoms with Gasteiger partial charge in [0.1, 0.15) is 11.5 Å². The summed E-state index contributed by atoms with van der Waals surface area (Å²) in [6, 6.07) is 2.26. The van der Waals surface area contributed by atoms with Gasteiger partial charge < -0.3 is 14.6 Å². The fourth-order valence-electron chi connectivity index (χ4n) is 2.32. The molecule has 0 aliphatic carbocycles. The zero-order valence-electron chi connectivity index (χ0n) is 12.7. The summed E-state index contributed by atoms with van der Waals surface area (Å²) in [5, 5.41) is 3.38. The molecule has 0 bridgehead atoms. The van der Waals surface area contributed by atoms with Crippen molar-refractivity contribution in [3.8, 4) is 0 Å². The number of aryl methyl sites for hydroxylation is 2. The maximum Gasteiger partial charge on any atom is 0.223 e. The van der Waals surface area contributed by atoms with Crippen LogP contribution in [0.4, 0.5) is 0 Å². The van der Waals surface area contributed by atoms with Gasteiger partial charge in [-0.2, -0.15) is 0 Å². The van der Waals surface area contributed by atoms with Crippen LogP contribution in [0.2, 0.25) is 0 Å². The summed E-state index contributed by atoms with van der Waals surface area (Å²) in [6.45, 7) is 12.3. The third-order valence-corrected chi connectivity index (χ3v) is 3.45. The summed E-state index contributed by atoms with van der Waals surface area (Å²) in [4.78, 5) is 13.7. The van der Waals surface area contributed by atoms with E-state index in [2.05, 4.69) is 18.3 Å². The number of furan rings is 1. The third-order valence-electron chi connectivity index (χ3n) is 3.45. The smallest absolute Gasteiger partial charge is 0.223 e. The Hall–Kier alpha value is -1.29. The van der Waals surface area contributed by atoms with Crippen LogP contribution in [0.25, 0.3) is 0 Å². The molecule has 0 radical (unpaired) electrons. The minimum absolute atomic E-state index is 0.210. The third kappa shape index (κ3) is 4.39. The molecular formula is C15H26N2O2. The van der Waals surface area contributed by atoms with E-state index >= 15 is 0 Å². The van der Waals surface area contributed by atoms with Crippen molar-refractivity contribution >= 4 is 5.91 Å². The molecule has 1 rings (SSSR count). The van der Waals surface area contributed by atoms with Crippen molar-refractivity contribution in [3.05, 3.63) is 23.2 Å². The lowest BCUT2D eigenvalue weighted by molar-refractivity contribution is -0.130. The van der Waals surface area contributed by atoms with Crippen LogP contribution in [0.1, 0.15) is 50.3 Å². The molecule has 19 heavy (non-hydrogen) atoms. The number of nitrogens with zero attached hydrogens (tertiary/aromatic N) is 1. The van der Waals surface area contributed by atoms with E-state index < -0.39 is 0 Å². The molecule has 0 spiro atoms. The zero-order chi connectivity index (χ0) is 14.4. The van der Waals surface area contributed by atoms with Crippen molar-refractivity contribution in [3.63, 3.8) is 0 Å². The van der Waals surface area contributed by atoms with Crippen LogP contribution in [-0.4, -0.2) is 30.4 Å². The first-order chi connectivity index (χ1) is 8.99. The second-order valence-electron chi connectivity index (χ2n) is 4.86. The fraction of sp³-hybridized carbons (Fsp3) is 0.667. The fourth-order valence-corrected chi connectivity index (χ4v) is 2.32. The van der Waals surface area contributed by atoms with E-state index in [0.29, 0.717) is 13.0 Å². The van der Waals surface area contributed by atoms with Crippen LogP contribution in [0, 0.1) is 13.8 Å². The summed E-state index contributed by atoms with van der Waals surface area (Å²) >= 11 is 0. The Balaban J connectivity index is 2.41. The van der Waals surface area contributed by atoms with Gasteiger partial charge in [-0.25, -0.2) is 0 Å². The summed E-state index contributed by atoms with van der Waals surface area (Å²) in [6.07, 6.45) is 0.544. The summed E-state index contributed by atoms with van der Waals surface area (Å²) in [5.74, 6) is 2.10. The highest BCUT2D eigenvalue weighted by atomic mass is 16.3. The molecule has 0 fully saturated rings. The van der Waals surface area contributed by atoms with Crippen LogP contribution >= 0.6 is 0 Å². The SMILES string of the molecule is CCN(CC)C(=O)CCNC(C)c1cc(C)oc1C. The monoisotopic (exact) mass is 266 g/mol. The first kappa shape index (κ1) is 15.8. The number of rotatable bonds is 7. The van der Waals surface area contributed by atoms with E-state index in [-0.39, 0.29) is 11.9 Å². The molecule has 0 aliphatic rings. The van der Waals surface area contributed by atoms with Gasteiger partial charge in [0.05, 0.1) is 0 Å². The largest absolute Gasteiger partial charge is 0.466 e. The molecular weight excluding hydrogens is 240 g/mol. The molecule has 1 N–H and O–H groups in total. The lowest BCUT2D eigenvalue weighted by atomic mass is 10.1. The number of nitrogens with one attached hydrogen (secondary N) is 1. The second-order valence-corrected chi connectivity index (χ2v) is 4.86. The average Bonchev–Trinajstić information content (AvgIpc) is 2.70. The standard InChI is InChI=1S/C15H26N2O2/c1-6-17(7-2)15(18)8-9-16-12(4)14-10-11(3)19-13(14)5/h10,12,16H,6-9H2,1-5H3. The van der Waals surface area contributed by atoms with Gasteiger partial charge in [0.2, 0.25) is 5.91 Å². The van der Waals surface area contributed by atoms with Crippen LogP contribution in [-0.2, 0) is 4.79 Å². The zero-order valence-corrected chi connectivity index (χ0v) is 12.7. The van der Waals surface area contributed by atoms with Crippen LogP contribution in [0.3, 0.4) is 0 Å². The van der Waals surface area contributed by atoms with E-state index in [9.17, 15) is 4.79 Å². The summed E-state index contributed by atoms with van der Waals surface area (Å²) in [7, 11) is 0. The quantitative estimate of drug-likeness (QED) is 0.825. The molecule has 1 unspecified atom stereocenters. The molecule has 108 valence electrons. The maximum absolute atomic E-state index is 11.9. The Bertz CT molecular complexity index is 408. The van der Waals surface area contributed by atoms with Gasteiger partial charge in [-0.3, -0.25) is 4.79 Å².